The maximum atomic E-state index is 12.8. The van der Waals surface area contributed by atoms with E-state index in [4.69, 9.17) is 4.74 Å². The molecule has 0 heterocycles. The molecule has 0 atom stereocenters. The molecular formula is C20H26N2O2. The fourth-order valence-electron chi connectivity index (χ4n) is 2.66. The molecule has 0 N–H and O–H groups in total. The van der Waals surface area contributed by atoms with Gasteiger partial charge in [-0.25, -0.2) is 0 Å². The van der Waals surface area contributed by atoms with E-state index >= 15 is 0 Å². The van der Waals surface area contributed by atoms with Crippen molar-refractivity contribution in [2.24, 2.45) is 0 Å². The summed E-state index contributed by atoms with van der Waals surface area (Å²) in [6.45, 7) is 5.11. The number of para-hydroxylation sites is 1. The Kier molecular flexibility index (Phi) is 7.46. The van der Waals surface area contributed by atoms with Gasteiger partial charge in [-0.2, -0.15) is 0 Å². The van der Waals surface area contributed by atoms with Gasteiger partial charge in [-0.1, -0.05) is 48.5 Å². The van der Waals surface area contributed by atoms with Gasteiger partial charge in [-0.3, -0.25) is 9.69 Å². The zero-order valence-corrected chi connectivity index (χ0v) is 14.5. The molecule has 0 aromatic heterocycles. The van der Waals surface area contributed by atoms with Crippen molar-refractivity contribution in [3.05, 3.63) is 66.2 Å². The molecule has 0 aliphatic heterocycles. The molecule has 4 heteroatoms. The van der Waals surface area contributed by atoms with Crippen LogP contribution in [0.3, 0.4) is 0 Å². The molecule has 0 aliphatic rings. The highest BCUT2D eigenvalue weighted by Crippen LogP contribution is 2.14. The molecule has 24 heavy (non-hydrogen) atoms. The predicted molar refractivity (Wildman–Crippen MR) is 98.1 cm³/mol. The normalized spacial score (nSPS) is 10.8. The van der Waals surface area contributed by atoms with Crippen LogP contribution < -0.4 is 4.90 Å². The first-order chi connectivity index (χ1) is 11.7. The fraction of sp³-hybridized carbons (Fsp3) is 0.350. The SMILES string of the molecule is CCN(C(=O)CN(CCOC)Cc1ccccc1)c1ccccc1. The summed E-state index contributed by atoms with van der Waals surface area (Å²) in [6, 6.07) is 20.0. The third-order valence-electron chi connectivity index (χ3n) is 3.90. The van der Waals surface area contributed by atoms with Crippen LogP contribution in [0.25, 0.3) is 0 Å². The summed E-state index contributed by atoms with van der Waals surface area (Å²) in [7, 11) is 1.69. The Morgan fingerprint density at radius 1 is 1.00 bits per heavy atom. The van der Waals surface area contributed by atoms with Gasteiger partial charge in [0, 0.05) is 32.4 Å². The highest BCUT2D eigenvalue weighted by Gasteiger charge is 2.17. The van der Waals surface area contributed by atoms with Crippen LogP contribution in [0.15, 0.2) is 60.7 Å². The van der Waals surface area contributed by atoms with Crippen molar-refractivity contribution in [3.8, 4) is 0 Å². The van der Waals surface area contributed by atoms with Gasteiger partial charge in [0.15, 0.2) is 0 Å². The van der Waals surface area contributed by atoms with Crippen LogP contribution in [0.1, 0.15) is 12.5 Å². The van der Waals surface area contributed by atoms with Crippen LogP contribution in [-0.4, -0.2) is 44.2 Å². The van der Waals surface area contributed by atoms with Gasteiger partial charge in [0.2, 0.25) is 5.91 Å². The van der Waals surface area contributed by atoms with Gasteiger partial charge >= 0.3 is 0 Å². The summed E-state index contributed by atoms with van der Waals surface area (Å²) < 4.78 is 5.20. The minimum Gasteiger partial charge on any atom is -0.383 e. The van der Waals surface area contributed by atoms with E-state index < -0.39 is 0 Å². The van der Waals surface area contributed by atoms with Crippen molar-refractivity contribution in [1.82, 2.24) is 4.90 Å². The van der Waals surface area contributed by atoms with Crippen molar-refractivity contribution in [3.63, 3.8) is 0 Å². The van der Waals surface area contributed by atoms with Crippen molar-refractivity contribution < 1.29 is 9.53 Å². The lowest BCUT2D eigenvalue weighted by molar-refractivity contribution is -0.120. The second-order valence-corrected chi connectivity index (χ2v) is 5.66. The van der Waals surface area contributed by atoms with Crippen LogP contribution in [-0.2, 0) is 16.1 Å². The first kappa shape index (κ1) is 18.2. The van der Waals surface area contributed by atoms with Crippen molar-refractivity contribution in [1.29, 1.82) is 0 Å². The highest BCUT2D eigenvalue weighted by atomic mass is 16.5. The largest absolute Gasteiger partial charge is 0.383 e. The molecular weight excluding hydrogens is 300 g/mol. The summed E-state index contributed by atoms with van der Waals surface area (Å²) >= 11 is 0. The quantitative estimate of drug-likeness (QED) is 0.709. The Bertz CT molecular complexity index is 602. The van der Waals surface area contributed by atoms with E-state index in [0.29, 0.717) is 19.7 Å². The number of hydrogen-bond donors (Lipinski definition) is 0. The number of amides is 1. The molecule has 128 valence electrons. The zero-order chi connectivity index (χ0) is 17.2. The van der Waals surface area contributed by atoms with Crippen molar-refractivity contribution in [2.45, 2.75) is 13.5 Å². The summed E-state index contributed by atoms with van der Waals surface area (Å²) in [5.74, 6) is 0.107. The average Bonchev–Trinajstić information content (AvgIpc) is 2.62. The fourth-order valence-corrected chi connectivity index (χ4v) is 2.66. The van der Waals surface area contributed by atoms with Crippen LogP contribution >= 0.6 is 0 Å². The number of ether oxygens (including phenoxy) is 1. The van der Waals surface area contributed by atoms with Gasteiger partial charge in [0.25, 0.3) is 0 Å². The molecule has 0 spiro atoms. The lowest BCUT2D eigenvalue weighted by atomic mass is 10.2. The summed E-state index contributed by atoms with van der Waals surface area (Å²) in [4.78, 5) is 16.7. The molecule has 1 amide bonds. The van der Waals surface area contributed by atoms with Gasteiger partial charge in [0.05, 0.1) is 13.2 Å². The third kappa shape index (κ3) is 5.48. The Balaban J connectivity index is 2.05. The first-order valence-corrected chi connectivity index (χ1v) is 8.35. The Hall–Kier alpha value is -2.17. The predicted octanol–water partition coefficient (Wildman–Crippen LogP) is 3.19. The van der Waals surface area contributed by atoms with E-state index in [1.807, 2.05) is 60.4 Å². The van der Waals surface area contributed by atoms with Crippen LogP contribution in [0.2, 0.25) is 0 Å². The summed E-state index contributed by atoms with van der Waals surface area (Å²) in [5.41, 5.74) is 2.14. The molecule has 2 aromatic rings. The molecule has 2 aromatic carbocycles. The van der Waals surface area contributed by atoms with Gasteiger partial charge in [-0.15, -0.1) is 0 Å². The van der Waals surface area contributed by atoms with E-state index in [1.165, 1.54) is 5.56 Å². The maximum Gasteiger partial charge on any atom is 0.241 e. The zero-order valence-electron chi connectivity index (χ0n) is 14.5. The van der Waals surface area contributed by atoms with Crippen molar-refractivity contribution >= 4 is 11.6 Å². The number of likely N-dealkylation sites (N-methyl/N-ethyl adjacent to an activating group) is 1. The number of nitrogens with zero attached hydrogens (tertiary/aromatic N) is 2. The summed E-state index contributed by atoms with van der Waals surface area (Å²) in [5, 5.41) is 0. The molecule has 0 aliphatic carbocycles. The smallest absolute Gasteiger partial charge is 0.241 e. The number of benzene rings is 2. The van der Waals surface area contributed by atoms with Crippen molar-refractivity contribution in [2.75, 3.05) is 38.3 Å². The molecule has 0 radical (unpaired) electrons. The molecule has 0 unspecified atom stereocenters. The van der Waals surface area contributed by atoms with E-state index in [0.717, 1.165) is 18.8 Å². The topological polar surface area (TPSA) is 32.8 Å². The van der Waals surface area contributed by atoms with E-state index in [-0.39, 0.29) is 5.91 Å². The minimum absolute atomic E-state index is 0.107. The number of carbonyl (C=O) groups is 1. The van der Waals surface area contributed by atoms with Gasteiger partial charge < -0.3 is 9.64 Å². The monoisotopic (exact) mass is 326 g/mol. The standard InChI is InChI=1S/C20H26N2O2/c1-3-22(19-12-8-5-9-13-19)20(23)17-21(14-15-24-2)16-18-10-6-4-7-11-18/h4-13H,3,14-17H2,1-2H3. The molecule has 0 fully saturated rings. The molecule has 0 saturated heterocycles. The molecule has 4 nitrogen and oxygen atoms in total. The number of anilines is 1. The number of hydrogen-bond acceptors (Lipinski definition) is 3. The number of carbonyl (C=O) groups excluding carboxylic acids is 1. The first-order valence-electron chi connectivity index (χ1n) is 8.35. The van der Waals surface area contributed by atoms with Crippen LogP contribution in [0.4, 0.5) is 5.69 Å². The van der Waals surface area contributed by atoms with E-state index in [1.54, 1.807) is 7.11 Å². The molecule has 0 saturated carbocycles. The van der Waals surface area contributed by atoms with E-state index in [2.05, 4.69) is 17.0 Å². The van der Waals surface area contributed by atoms with Crippen LogP contribution in [0, 0.1) is 0 Å². The minimum atomic E-state index is 0.107. The Morgan fingerprint density at radius 3 is 2.21 bits per heavy atom. The maximum absolute atomic E-state index is 12.8. The van der Waals surface area contributed by atoms with E-state index in [9.17, 15) is 4.79 Å². The lowest BCUT2D eigenvalue weighted by Gasteiger charge is -2.26. The lowest BCUT2D eigenvalue weighted by Crippen LogP contribution is -2.41. The number of rotatable bonds is 9. The Morgan fingerprint density at radius 2 is 1.62 bits per heavy atom. The van der Waals surface area contributed by atoms with Crippen LogP contribution in [0.5, 0.6) is 0 Å². The van der Waals surface area contributed by atoms with Gasteiger partial charge in [0.1, 0.15) is 0 Å². The molecule has 2 rings (SSSR count). The highest BCUT2D eigenvalue weighted by molar-refractivity contribution is 5.94. The third-order valence-corrected chi connectivity index (χ3v) is 3.90. The second kappa shape index (κ2) is 9.85. The van der Waals surface area contributed by atoms with Gasteiger partial charge in [-0.05, 0) is 24.6 Å². The summed E-state index contributed by atoms with van der Waals surface area (Å²) in [6.07, 6.45) is 0. The Labute approximate surface area is 144 Å². The second-order valence-electron chi connectivity index (χ2n) is 5.66. The number of methoxy groups -OCH3 is 1. The average molecular weight is 326 g/mol. The molecule has 0 bridgehead atoms.